The fraction of sp³-hybridized carbons (Fsp3) is 0.900. The SMILES string of the molecule is O=C(NCCCCCI)C1CCOC1. The van der Waals surface area contributed by atoms with Crippen LogP contribution in [0.2, 0.25) is 0 Å². The van der Waals surface area contributed by atoms with Crippen molar-refractivity contribution in [3.63, 3.8) is 0 Å². The van der Waals surface area contributed by atoms with Gasteiger partial charge in [-0.25, -0.2) is 0 Å². The average Bonchev–Trinajstić information content (AvgIpc) is 2.70. The molecule has 1 aliphatic rings. The smallest absolute Gasteiger partial charge is 0.225 e. The first-order valence-corrected chi connectivity index (χ1v) is 6.78. The van der Waals surface area contributed by atoms with Crippen LogP contribution in [-0.4, -0.2) is 30.1 Å². The van der Waals surface area contributed by atoms with Crippen LogP contribution < -0.4 is 5.32 Å². The minimum atomic E-state index is 0.111. The van der Waals surface area contributed by atoms with E-state index in [9.17, 15) is 4.79 Å². The number of ether oxygens (including phenoxy) is 1. The number of alkyl halides is 1. The molecule has 0 saturated carbocycles. The Bertz CT molecular complexity index is 170. The lowest BCUT2D eigenvalue weighted by atomic mass is 10.1. The van der Waals surface area contributed by atoms with Crippen LogP contribution >= 0.6 is 22.6 Å². The Morgan fingerprint density at radius 2 is 2.29 bits per heavy atom. The number of halogens is 1. The normalized spacial score (nSPS) is 21.1. The third kappa shape index (κ3) is 4.59. The number of rotatable bonds is 6. The summed E-state index contributed by atoms with van der Waals surface area (Å²) in [6.07, 6.45) is 4.45. The highest BCUT2D eigenvalue weighted by atomic mass is 127. The van der Waals surface area contributed by atoms with Gasteiger partial charge >= 0.3 is 0 Å². The van der Waals surface area contributed by atoms with E-state index in [0.29, 0.717) is 6.61 Å². The van der Waals surface area contributed by atoms with Gasteiger partial charge in [0, 0.05) is 13.2 Å². The van der Waals surface area contributed by atoms with E-state index in [1.807, 2.05) is 0 Å². The highest BCUT2D eigenvalue weighted by Crippen LogP contribution is 2.11. The molecule has 82 valence electrons. The van der Waals surface area contributed by atoms with Gasteiger partial charge in [-0.05, 0) is 23.7 Å². The zero-order valence-electron chi connectivity index (χ0n) is 8.43. The number of carbonyl (C=O) groups is 1. The van der Waals surface area contributed by atoms with Gasteiger partial charge in [0.25, 0.3) is 0 Å². The van der Waals surface area contributed by atoms with Crippen LogP contribution in [0, 0.1) is 5.92 Å². The third-order valence-corrected chi connectivity index (χ3v) is 3.17. The van der Waals surface area contributed by atoms with E-state index in [0.717, 1.165) is 26.0 Å². The van der Waals surface area contributed by atoms with Crippen LogP contribution in [0.5, 0.6) is 0 Å². The van der Waals surface area contributed by atoms with E-state index in [1.165, 1.54) is 17.3 Å². The lowest BCUT2D eigenvalue weighted by Crippen LogP contribution is -2.31. The summed E-state index contributed by atoms with van der Waals surface area (Å²) in [6.45, 7) is 2.18. The summed E-state index contributed by atoms with van der Waals surface area (Å²) >= 11 is 2.38. The van der Waals surface area contributed by atoms with Crippen molar-refractivity contribution in [3.05, 3.63) is 0 Å². The fourth-order valence-electron chi connectivity index (χ4n) is 1.49. The Hall–Kier alpha value is 0.160. The molecule has 0 aromatic heterocycles. The van der Waals surface area contributed by atoms with Gasteiger partial charge < -0.3 is 10.1 Å². The van der Waals surface area contributed by atoms with Crippen LogP contribution in [-0.2, 0) is 9.53 Å². The summed E-state index contributed by atoms with van der Waals surface area (Å²) < 4.78 is 6.37. The highest BCUT2D eigenvalue weighted by molar-refractivity contribution is 14.1. The van der Waals surface area contributed by atoms with Gasteiger partial charge in [-0.15, -0.1) is 0 Å². The molecule has 14 heavy (non-hydrogen) atoms. The predicted molar refractivity (Wildman–Crippen MR) is 64.7 cm³/mol. The molecule has 0 spiro atoms. The Labute approximate surface area is 99.1 Å². The molecule has 3 nitrogen and oxygen atoms in total. The first kappa shape index (κ1) is 12.2. The van der Waals surface area contributed by atoms with Gasteiger partial charge in [-0.1, -0.05) is 29.0 Å². The first-order chi connectivity index (χ1) is 6.84. The maximum absolute atomic E-state index is 11.5. The molecule has 1 N–H and O–H groups in total. The molecule has 0 aromatic rings. The molecule has 0 aromatic carbocycles. The van der Waals surface area contributed by atoms with Gasteiger partial charge in [0.2, 0.25) is 5.91 Å². The van der Waals surface area contributed by atoms with E-state index >= 15 is 0 Å². The standard InChI is InChI=1S/C10H18INO2/c11-5-2-1-3-6-12-10(13)9-4-7-14-8-9/h9H,1-8H2,(H,12,13). The largest absolute Gasteiger partial charge is 0.381 e. The van der Waals surface area contributed by atoms with Crippen molar-refractivity contribution in [2.75, 3.05) is 24.2 Å². The van der Waals surface area contributed by atoms with Gasteiger partial charge in [0.15, 0.2) is 0 Å². The number of nitrogens with one attached hydrogen (secondary N) is 1. The zero-order valence-corrected chi connectivity index (χ0v) is 10.6. The van der Waals surface area contributed by atoms with Crippen molar-refractivity contribution in [2.24, 2.45) is 5.92 Å². The minimum absolute atomic E-state index is 0.111. The van der Waals surface area contributed by atoms with Crippen LogP contribution in [0.1, 0.15) is 25.7 Å². The predicted octanol–water partition coefficient (Wildman–Crippen LogP) is 1.74. The summed E-state index contributed by atoms with van der Waals surface area (Å²) in [4.78, 5) is 11.5. The Morgan fingerprint density at radius 1 is 1.43 bits per heavy atom. The average molecular weight is 311 g/mol. The van der Waals surface area contributed by atoms with Crippen molar-refractivity contribution in [2.45, 2.75) is 25.7 Å². The second-order valence-electron chi connectivity index (χ2n) is 3.60. The molecule has 1 rings (SSSR count). The molecule has 1 fully saturated rings. The summed E-state index contributed by atoms with van der Waals surface area (Å²) in [6, 6.07) is 0. The fourth-order valence-corrected chi connectivity index (χ4v) is 2.03. The lowest BCUT2D eigenvalue weighted by Gasteiger charge is -2.08. The quantitative estimate of drug-likeness (QED) is 0.461. The Kier molecular flexibility index (Phi) is 6.51. The van der Waals surface area contributed by atoms with Gasteiger partial charge in [-0.2, -0.15) is 0 Å². The highest BCUT2D eigenvalue weighted by Gasteiger charge is 2.22. The van der Waals surface area contributed by atoms with Crippen LogP contribution in [0.15, 0.2) is 0 Å². The maximum atomic E-state index is 11.5. The summed E-state index contributed by atoms with van der Waals surface area (Å²) in [5.74, 6) is 0.288. The van der Waals surface area contributed by atoms with Crippen LogP contribution in [0.4, 0.5) is 0 Å². The Balaban J connectivity index is 1.97. The van der Waals surface area contributed by atoms with Crippen molar-refractivity contribution >= 4 is 28.5 Å². The summed E-state index contributed by atoms with van der Waals surface area (Å²) in [7, 11) is 0. The number of hydrogen-bond acceptors (Lipinski definition) is 2. The molecule has 1 unspecified atom stereocenters. The molecule has 4 heteroatoms. The monoisotopic (exact) mass is 311 g/mol. The minimum Gasteiger partial charge on any atom is -0.381 e. The topological polar surface area (TPSA) is 38.3 Å². The number of carbonyl (C=O) groups excluding carboxylic acids is 1. The van der Waals surface area contributed by atoms with Crippen molar-refractivity contribution < 1.29 is 9.53 Å². The summed E-state index contributed by atoms with van der Waals surface area (Å²) in [5.41, 5.74) is 0. The second-order valence-corrected chi connectivity index (χ2v) is 4.68. The third-order valence-electron chi connectivity index (χ3n) is 2.41. The molecule has 0 radical (unpaired) electrons. The van der Waals surface area contributed by atoms with E-state index in [1.54, 1.807) is 0 Å². The molecule has 1 amide bonds. The van der Waals surface area contributed by atoms with Gasteiger partial charge in [0.05, 0.1) is 12.5 Å². The molecule has 1 heterocycles. The van der Waals surface area contributed by atoms with E-state index in [2.05, 4.69) is 27.9 Å². The van der Waals surface area contributed by atoms with E-state index in [4.69, 9.17) is 4.74 Å². The van der Waals surface area contributed by atoms with E-state index < -0.39 is 0 Å². The molecule has 1 atom stereocenters. The zero-order chi connectivity index (χ0) is 10.2. The van der Waals surface area contributed by atoms with Gasteiger partial charge in [-0.3, -0.25) is 4.79 Å². The van der Waals surface area contributed by atoms with E-state index in [-0.39, 0.29) is 11.8 Å². The molecule has 1 aliphatic heterocycles. The number of amides is 1. The number of unbranched alkanes of at least 4 members (excludes halogenated alkanes) is 2. The lowest BCUT2D eigenvalue weighted by molar-refractivity contribution is -0.124. The van der Waals surface area contributed by atoms with Crippen LogP contribution in [0.25, 0.3) is 0 Å². The molecular weight excluding hydrogens is 293 g/mol. The van der Waals surface area contributed by atoms with Crippen molar-refractivity contribution in [3.8, 4) is 0 Å². The Morgan fingerprint density at radius 3 is 2.93 bits per heavy atom. The molecule has 1 saturated heterocycles. The van der Waals surface area contributed by atoms with Gasteiger partial charge in [0.1, 0.15) is 0 Å². The number of hydrogen-bond donors (Lipinski definition) is 1. The maximum Gasteiger partial charge on any atom is 0.225 e. The van der Waals surface area contributed by atoms with Crippen molar-refractivity contribution in [1.29, 1.82) is 0 Å². The summed E-state index contributed by atoms with van der Waals surface area (Å²) in [5, 5.41) is 2.96. The van der Waals surface area contributed by atoms with Crippen LogP contribution in [0.3, 0.4) is 0 Å². The first-order valence-electron chi connectivity index (χ1n) is 5.26. The second kappa shape index (κ2) is 7.45. The molecule has 0 aliphatic carbocycles. The van der Waals surface area contributed by atoms with Crippen molar-refractivity contribution in [1.82, 2.24) is 5.32 Å². The molecule has 0 bridgehead atoms. The molecular formula is C10H18INO2.